The average molecular weight is 378 g/mol. The third-order valence-electron chi connectivity index (χ3n) is 5.40. The second-order valence-electron chi connectivity index (χ2n) is 8.14. The predicted molar refractivity (Wildman–Crippen MR) is 107 cm³/mol. The minimum absolute atomic E-state index is 0.316. The molecule has 1 saturated heterocycles. The molecule has 0 aliphatic carbocycles. The van der Waals surface area contributed by atoms with Crippen molar-refractivity contribution in [3.8, 4) is 0 Å². The maximum Gasteiger partial charge on any atom is 0.191 e. The number of ether oxygens (including phenoxy) is 1. The summed E-state index contributed by atoms with van der Waals surface area (Å²) in [5, 5.41) is 11.6. The maximum absolute atomic E-state index is 5.13. The summed E-state index contributed by atoms with van der Waals surface area (Å²) in [6.07, 6.45) is 3.31. The molecule has 2 aliphatic rings. The summed E-state index contributed by atoms with van der Waals surface area (Å²) in [6.45, 7) is 10.4. The highest BCUT2D eigenvalue weighted by atomic mass is 16.5. The number of hydrogen-bond donors (Lipinski definition) is 2. The third kappa shape index (κ3) is 5.65. The maximum atomic E-state index is 5.13. The zero-order valence-corrected chi connectivity index (χ0v) is 17.2. The summed E-state index contributed by atoms with van der Waals surface area (Å²) in [4.78, 5) is 11.5. The first-order valence-corrected chi connectivity index (χ1v) is 10.2. The van der Waals surface area contributed by atoms with E-state index in [2.05, 4.69) is 44.5 Å². The zero-order valence-electron chi connectivity index (χ0n) is 17.2. The lowest BCUT2D eigenvalue weighted by Gasteiger charge is -2.35. The van der Waals surface area contributed by atoms with Gasteiger partial charge in [0.15, 0.2) is 11.8 Å². The van der Waals surface area contributed by atoms with E-state index in [1.807, 2.05) is 11.7 Å². The number of aliphatic imine (C=N–C) groups is 1. The van der Waals surface area contributed by atoms with E-state index in [0.29, 0.717) is 12.6 Å². The second kappa shape index (κ2) is 9.50. The fourth-order valence-corrected chi connectivity index (χ4v) is 4.36. The number of likely N-dealkylation sites (tertiary alicyclic amines) is 1. The van der Waals surface area contributed by atoms with E-state index in [1.165, 1.54) is 19.5 Å². The van der Waals surface area contributed by atoms with Crippen LogP contribution in [0.25, 0.3) is 0 Å². The molecule has 8 heteroatoms. The first-order chi connectivity index (χ1) is 13.1. The van der Waals surface area contributed by atoms with Crippen molar-refractivity contribution in [2.75, 3.05) is 40.3 Å². The number of piperidine rings is 1. The smallest absolute Gasteiger partial charge is 0.191 e. The van der Waals surface area contributed by atoms with Crippen LogP contribution in [0.15, 0.2) is 4.99 Å². The third-order valence-corrected chi connectivity index (χ3v) is 5.40. The van der Waals surface area contributed by atoms with Crippen LogP contribution in [-0.2, 0) is 24.3 Å². The highest BCUT2D eigenvalue weighted by Gasteiger charge is 2.23. The van der Waals surface area contributed by atoms with Crippen LogP contribution in [0.3, 0.4) is 0 Å². The zero-order chi connectivity index (χ0) is 19.2. The minimum Gasteiger partial charge on any atom is -0.377 e. The molecular weight excluding hydrogens is 342 g/mol. The molecule has 0 aromatic carbocycles. The molecule has 1 aromatic rings. The molecule has 3 heterocycles. The Morgan fingerprint density at radius 2 is 2.04 bits per heavy atom. The molecule has 3 atom stereocenters. The van der Waals surface area contributed by atoms with Gasteiger partial charge < -0.3 is 20.3 Å². The van der Waals surface area contributed by atoms with Crippen LogP contribution < -0.4 is 10.6 Å². The molecule has 0 amide bonds. The van der Waals surface area contributed by atoms with E-state index in [9.17, 15) is 0 Å². The van der Waals surface area contributed by atoms with Gasteiger partial charge in [-0.25, -0.2) is 9.67 Å². The van der Waals surface area contributed by atoms with Gasteiger partial charge in [0.25, 0.3) is 0 Å². The normalized spacial score (nSPS) is 26.7. The summed E-state index contributed by atoms with van der Waals surface area (Å²) >= 11 is 0. The number of nitrogens with one attached hydrogen (secondary N) is 2. The Labute approximate surface area is 162 Å². The van der Waals surface area contributed by atoms with E-state index in [-0.39, 0.29) is 0 Å². The molecule has 27 heavy (non-hydrogen) atoms. The number of nitrogens with zero attached hydrogens (tertiary/aromatic N) is 5. The summed E-state index contributed by atoms with van der Waals surface area (Å²) < 4.78 is 7.13. The van der Waals surface area contributed by atoms with Crippen molar-refractivity contribution < 1.29 is 4.74 Å². The standard InChI is InChI=1S/C19H35N7O/c1-14-9-15(2)11-25(10-14)8-7-21-19(20-3)22-16-5-6-18-23-17(13-27-4)24-26(18)12-16/h14-16H,5-13H2,1-4H3,(H2,20,21,22). The first kappa shape index (κ1) is 20.1. The van der Waals surface area contributed by atoms with Crippen molar-refractivity contribution in [3.05, 3.63) is 11.6 Å². The van der Waals surface area contributed by atoms with Gasteiger partial charge in [0.1, 0.15) is 12.4 Å². The van der Waals surface area contributed by atoms with Crippen LogP contribution in [-0.4, -0.2) is 72.0 Å². The average Bonchev–Trinajstić information content (AvgIpc) is 3.02. The molecule has 0 radical (unpaired) electrons. The number of guanidine groups is 1. The van der Waals surface area contributed by atoms with E-state index in [1.54, 1.807) is 7.11 Å². The van der Waals surface area contributed by atoms with Gasteiger partial charge in [-0.05, 0) is 24.7 Å². The van der Waals surface area contributed by atoms with Crippen molar-refractivity contribution in [2.24, 2.45) is 16.8 Å². The molecule has 0 bridgehead atoms. The fraction of sp³-hybridized carbons (Fsp3) is 0.842. The minimum atomic E-state index is 0.316. The Balaban J connectivity index is 1.43. The molecule has 0 spiro atoms. The molecule has 152 valence electrons. The van der Waals surface area contributed by atoms with Crippen LogP contribution in [0.5, 0.6) is 0 Å². The Bertz CT molecular complexity index is 620. The number of aromatic nitrogens is 3. The Morgan fingerprint density at radius 1 is 1.26 bits per heavy atom. The number of rotatable bonds is 6. The molecule has 0 saturated carbocycles. The van der Waals surface area contributed by atoms with Crippen LogP contribution in [0.4, 0.5) is 0 Å². The quantitative estimate of drug-likeness (QED) is 0.566. The highest BCUT2D eigenvalue weighted by molar-refractivity contribution is 5.79. The number of fused-ring (bicyclic) bond motifs is 1. The fourth-order valence-electron chi connectivity index (χ4n) is 4.36. The van der Waals surface area contributed by atoms with Crippen molar-refractivity contribution in [2.45, 2.75) is 52.3 Å². The monoisotopic (exact) mass is 377 g/mol. The largest absolute Gasteiger partial charge is 0.377 e. The summed E-state index contributed by atoms with van der Waals surface area (Å²) in [7, 11) is 3.51. The van der Waals surface area contributed by atoms with Crippen LogP contribution >= 0.6 is 0 Å². The number of methoxy groups -OCH3 is 1. The van der Waals surface area contributed by atoms with Gasteiger partial charge >= 0.3 is 0 Å². The summed E-state index contributed by atoms with van der Waals surface area (Å²) in [5.74, 6) is 4.29. The predicted octanol–water partition coefficient (Wildman–Crippen LogP) is 0.882. The van der Waals surface area contributed by atoms with Crippen molar-refractivity contribution >= 4 is 5.96 Å². The van der Waals surface area contributed by atoms with Crippen molar-refractivity contribution in [1.29, 1.82) is 0 Å². The second-order valence-corrected chi connectivity index (χ2v) is 8.14. The summed E-state index contributed by atoms with van der Waals surface area (Å²) in [6, 6.07) is 0.316. The van der Waals surface area contributed by atoms with Gasteiger partial charge in [0.2, 0.25) is 0 Å². The van der Waals surface area contributed by atoms with E-state index in [0.717, 1.165) is 61.9 Å². The number of hydrogen-bond acceptors (Lipinski definition) is 5. The molecular formula is C19H35N7O. The topological polar surface area (TPSA) is 79.6 Å². The van der Waals surface area contributed by atoms with Gasteiger partial charge in [-0.2, -0.15) is 5.10 Å². The molecule has 2 N–H and O–H groups in total. The van der Waals surface area contributed by atoms with Gasteiger partial charge in [-0.3, -0.25) is 4.99 Å². The van der Waals surface area contributed by atoms with Gasteiger partial charge in [-0.15, -0.1) is 0 Å². The lowest BCUT2D eigenvalue weighted by atomic mass is 9.92. The molecule has 1 aromatic heterocycles. The Morgan fingerprint density at radius 3 is 2.74 bits per heavy atom. The number of aryl methyl sites for hydroxylation is 1. The SMILES string of the molecule is CN=C(NCCN1CC(C)CC(C)C1)NC1CCc2nc(COC)nn2C1. The molecule has 1 fully saturated rings. The molecule has 3 unspecified atom stereocenters. The lowest BCUT2D eigenvalue weighted by Crippen LogP contribution is -2.49. The van der Waals surface area contributed by atoms with E-state index in [4.69, 9.17) is 4.74 Å². The molecule has 8 nitrogen and oxygen atoms in total. The molecule has 3 rings (SSSR count). The lowest BCUT2D eigenvalue weighted by molar-refractivity contribution is 0.143. The highest BCUT2D eigenvalue weighted by Crippen LogP contribution is 2.20. The van der Waals surface area contributed by atoms with Gasteiger partial charge in [0, 0.05) is 52.8 Å². The van der Waals surface area contributed by atoms with E-state index >= 15 is 0 Å². The molecule has 2 aliphatic heterocycles. The first-order valence-electron chi connectivity index (χ1n) is 10.2. The summed E-state index contributed by atoms with van der Waals surface area (Å²) in [5.41, 5.74) is 0. The van der Waals surface area contributed by atoms with Crippen molar-refractivity contribution in [3.63, 3.8) is 0 Å². The Hall–Kier alpha value is -1.67. The van der Waals surface area contributed by atoms with Gasteiger partial charge in [0.05, 0.1) is 6.54 Å². The van der Waals surface area contributed by atoms with Crippen LogP contribution in [0, 0.1) is 11.8 Å². The Kier molecular flexibility index (Phi) is 7.07. The van der Waals surface area contributed by atoms with Gasteiger partial charge in [-0.1, -0.05) is 13.8 Å². The van der Waals surface area contributed by atoms with Crippen LogP contribution in [0.1, 0.15) is 38.3 Å². The van der Waals surface area contributed by atoms with E-state index < -0.39 is 0 Å². The van der Waals surface area contributed by atoms with Crippen molar-refractivity contribution in [1.82, 2.24) is 30.3 Å². The van der Waals surface area contributed by atoms with Crippen LogP contribution in [0.2, 0.25) is 0 Å².